The van der Waals surface area contributed by atoms with E-state index in [2.05, 4.69) is 0 Å². The van der Waals surface area contributed by atoms with Gasteiger partial charge in [-0.3, -0.25) is 9.59 Å². The number of halogens is 1. The molecule has 2 aliphatic heterocycles. The van der Waals surface area contributed by atoms with E-state index in [1.807, 2.05) is 19.9 Å². The topological polar surface area (TPSA) is 57.7 Å². The van der Waals surface area contributed by atoms with Crippen molar-refractivity contribution in [3.05, 3.63) is 75.7 Å². The van der Waals surface area contributed by atoms with E-state index in [0.717, 1.165) is 10.5 Å². The molecule has 29 heavy (non-hydrogen) atoms. The molecule has 2 aliphatic rings. The summed E-state index contributed by atoms with van der Waals surface area (Å²) in [6, 6.07) is 15.0. The Morgan fingerprint density at radius 1 is 1.03 bits per heavy atom. The molecule has 0 aromatic heterocycles. The summed E-state index contributed by atoms with van der Waals surface area (Å²) in [6.45, 7) is 3.76. The molecule has 0 N–H and O–H groups in total. The van der Waals surface area contributed by atoms with E-state index >= 15 is 0 Å². The summed E-state index contributed by atoms with van der Waals surface area (Å²) >= 11 is 7.38. The first kappa shape index (κ1) is 19.7. The van der Waals surface area contributed by atoms with Gasteiger partial charge in [-0.25, -0.2) is 9.69 Å². The minimum Gasteiger partial charge on any atom is -0.303 e. The maximum absolute atomic E-state index is 13.3. The lowest BCUT2D eigenvalue weighted by molar-refractivity contribution is -0.122. The summed E-state index contributed by atoms with van der Waals surface area (Å²) < 4.78 is 0. The average molecular weight is 427 g/mol. The first-order chi connectivity index (χ1) is 13.9. The third-order valence-corrected chi connectivity index (χ3v) is 7.03. The monoisotopic (exact) mass is 426 g/mol. The lowest BCUT2D eigenvalue weighted by Gasteiger charge is -2.41. The van der Waals surface area contributed by atoms with Crippen LogP contribution in [0.1, 0.15) is 24.2 Å². The van der Waals surface area contributed by atoms with Crippen molar-refractivity contribution in [1.29, 1.82) is 0 Å². The Morgan fingerprint density at radius 3 is 2.34 bits per heavy atom. The zero-order valence-corrected chi connectivity index (χ0v) is 17.5. The number of carbonyl (C=O) groups excluding carboxylic acids is 3. The van der Waals surface area contributed by atoms with E-state index in [0.29, 0.717) is 16.3 Å². The summed E-state index contributed by atoms with van der Waals surface area (Å²) in [6.07, 6.45) is 0. The van der Waals surface area contributed by atoms with Crippen LogP contribution in [0.5, 0.6) is 0 Å². The van der Waals surface area contributed by atoms with Gasteiger partial charge in [-0.05, 0) is 60.7 Å². The number of amides is 3. The number of hydrogen-bond acceptors (Lipinski definition) is 4. The van der Waals surface area contributed by atoms with Gasteiger partial charge in [0.15, 0.2) is 5.78 Å². The molecule has 148 valence electrons. The summed E-state index contributed by atoms with van der Waals surface area (Å²) in [5, 5.41) is 0.129. The number of hydrogen-bond donors (Lipinski definition) is 0. The number of benzene rings is 2. The number of carbonyl (C=O) groups is 3. The van der Waals surface area contributed by atoms with Crippen LogP contribution >= 0.6 is 23.4 Å². The SMILES string of the molecule is CC1=C(C)C2C(=O)N(c3ccccc3)C(=O)N(CC(=O)c3ccc(Cl)cc3)C2S1. The fourth-order valence-corrected chi connectivity index (χ4v) is 5.20. The second-order valence-electron chi connectivity index (χ2n) is 7.08. The van der Waals surface area contributed by atoms with Gasteiger partial charge >= 0.3 is 6.03 Å². The number of allylic oxidation sites excluding steroid dienone is 1. The molecular weight excluding hydrogens is 408 g/mol. The fourth-order valence-electron chi connectivity index (χ4n) is 3.65. The number of para-hydroxylation sites is 1. The highest BCUT2D eigenvalue weighted by Gasteiger charge is 2.51. The van der Waals surface area contributed by atoms with Gasteiger partial charge in [-0.1, -0.05) is 29.8 Å². The zero-order valence-electron chi connectivity index (χ0n) is 16.0. The Labute approximate surface area is 178 Å². The van der Waals surface area contributed by atoms with Gasteiger partial charge in [0.1, 0.15) is 0 Å². The maximum Gasteiger partial charge on any atom is 0.332 e. The van der Waals surface area contributed by atoms with Crippen LogP contribution in [0.4, 0.5) is 10.5 Å². The van der Waals surface area contributed by atoms with E-state index < -0.39 is 17.3 Å². The Bertz CT molecular complexity index is 1020. The Balaban J connectivity index is 1.70. The van der Waals surface area contributed by atoms with Crippen molar-refractivity contribution < 1.29 is 14.4 Å². The molecule has 0 radical (unpaired) electrons. The molecule has 0 spiro atoms. The van der Waals surface area contributed by atoms with E-state index in [9.17, 15) is 14.4 Å². The number of urea groups is 1. The quantitative estimate of drug-likeness (QED) is 0.647. The molecule has 0 aliphatic carbocycles. The molecule has 7 heteroatoms. The second-order valence-corrected chi connectivity index (χ2v) is 8.84. The maximum atomic E-state index is 13.3. The largest absolute Gasteiger partial charge is 0.332 e. The normalized spacial score (nSPS) is 21.6. The molecular formula is C22H19ClN2O3S. The van der Waals surface area contributed by atoms with Crippen LogP contribution in [0.3, 0.4) is 0 Å². The smallest absolute Gasteiger partial charge is 0.303 e. The molecule has 5 nitrogen and oxygen atoms in total. The first-order valence-corrected chi connectivity index (χ1v) is 10.5. The van der Waals surface area contributed by atoms with Crippen molar-refractivity contribution in [3.8, 4) is 0 Å². The molecule has 2 atom stereocenters. The zero-order chi connectivity index (χ0) is 20.7. The molecule has 3 amide bonds. The number of rotatable bonds is 4. The predicted molar refractivity (Wildman–Crippen MR) is 115 cm³/mol. The lowest BCUT2D eigenvalue weighted by atomic mass is 9.95. The Morgan fingerprint density at radius 2 is 1.69 bits per heavy atom. The third-order valence-electron chi connectivity index (χ3n) is 5.33. The van der Waals surface area contributed by atoms with E-state index in [4.69, 9.17) is 11.6 Å². The van der Waals surface area contributed by atoms with E-state index in [-0.39, 0.29) is 18.2 Å². The number of thioether (sulfide) groups is 1. The molecule has 2 aromatic carbocycles. The van der Waals surface area contributed by atoms with Crippen LogP contribution in [-0.4, -0.2) is 34.5 Å². The molecule has 1 saturated heterocycles. The first-order valence-electron chi connectivity index (χ1n) is 9.21. The Hall–Kier alpha value is -2.57. The summed E-state index contributed by atoms with van der Waals surface area (Å²) in [5.41, 5.74) is 1.93. The summed E-state index contributed by atoms with van der Waals surface area (Å²) in [4.78, 5) is 43.2. The number of Topliss-reactive ketones (excluding diaryl/α,β-unsaturated/α-hetero) is 1. The van der Waals surface area contributed by atoms with Gasteiger partial charge in [-0.2, -0.15) is 0 Å². The number of nitrogens with zero attached hydrogens (tertiary/aromatic N) is 2. The van der Waals surface area contributed by atoms with Gasteiger partial charge in [0.25, 0.3) is 0 Å². The van der Waals surface area contributed by atoms with Gasteiger partial charge in [0, 0.05) is 10.6 Å². The van der Waals surface area contributed by atoms with Crippen LogP contribution in [0.15, 0.2) is 65.1 Å². The van der Waals surface area contributed by atoms with E-state index in [1.165, 1.54) is 21.6 Å². The van der Waals surface area contributed by atoms with Crippen LogP contribution in [0.2, 0.25) is 5.02 Å². The number of anilines is 1. The number of fused-ring (bicyclic) bond motifs is 1. The highest BCUT2D eigenvalue weighted by molar-refractivity contribution is 8.03. The third kappa shape index (κ3) is 3.47. The highest BCUT2D eigenvalue weighted by atomic mass is 35.5. The van der Waals surface area contributed by atoms with Gasteiger partial charge in [-0.15, -0.1) is 11.8 Å². The van der Waals surface area contributed by atoms with Crippen molar-refractivity contribution in [1.82, 2.24) is 4.90 Å². The molecule has 0 saturated carbocycles. The van der Waals surface area contributed by atoms with Gasteiger partial charge in [0.2, 0.25) is 5.91 Å². The fraction of sp³-hybridized carbons (Fsp3) is 0.227. The highest BCUT2D eigenvalue weighted by Crippen LogP contribution is 2.47. The summed E-state index contributed by atoms with van der Waals surface area (Å²) in [5.74, 6) is -0.905. The molecule has 1 fully saturated rings. The summed E-state index contributed by atoms with van der Waals surface area (Å²) in [7, 11) is 0. The van der Waals surface area contributed by atoms with Crippen molar-refractivity contribution >= 4 is 46.8 Å². The molecule has 2 aromatic rings. The standard InChI is InChI=1S/C22H19ClN2O3S/c1-13-14(2)29-21-19(13)20(27)25(17-6-4-3-5-7-17)22(28)24(21)12-18(26)15-8-10-16(23)11-9-15/h3-11,19,21H,12H2,1-2H3. The number of ketones is 1. The minimum atomic E-state index is -0.472. The second kappa shape index (κ2) is 7.69. The van der Waals surface area contributed by atoms with Crippen molar-refractivity contribution in [2.45, 2.75) is 19.2 Å². The molecule has 4 rings (SSSR count). The average Bonchev–Trinajstić information content (AvgIpc) is 3.01. The van der Waals surface area contributed by atoms with Gasteiger partial charge in [0.05, 0.1) is 23.5 Å². The lowest BCUT2D eigenvalue weighted by Crippen LogP contribution is -2.61. The van der Waals surface area contributed by atoms with Crippen LogP contribution < -0.4 is 4.90 Å². The van der Waals surface area contributed by atoms with Crippen molar-refractivity contribution in [2.24, 2.45) is 5.92 Å². The predicted octanol–water partition coefficient (Wildman–Crippen LogP) is 4.97. The molecule has 2 heterocycles. The van der Waals surface area contributed by atoms with Crippen LogP contribution in [0.25, 0.3) is 0 Å². The molecule has 0 bridgehead atoms. The van der Waals surface area contributed by atoms with E-state index in [1.54, 1.807) is 48.5 Å². The van der Waals surface area contributed by atoms with Gasteiger partial charge < -0.3 is 4.90 Å². The van der Waals surface area contributed by atoms with Crippen molar-refractivity contribution in [3.63, 3.8) is 0 Å². The minimum absolute atomic E-state index is 0.105. The molecule has 2 unspecified atom stereocenters. The van der Waals surface area contributed by atoms with Crippen LogP contribution in [-0.2, 0) is 4.79 Å². The number of imide groups is 1. The van der Waals surface area contributed by atoms with Crippen molar-refractivity contribution in [2.75, 3.05) is 11.4 Å². The Kier molecular flexibility index (Phi) is 5.23. The van der Waals surface area contributed by atoms with Crippen LogP contribution in [0, 0.1) is 5.92 Å².